The second-order valence-corrected chi connectivity index (χ2v) is 8.91. The molecule has 1 amide bonds. The van der Waals surface area contributed by atoms with Crippen molar-refractivity contribution < 1.29 is 4.79 Å². The number of hydrogen-bond acceptors (Lipinski definition) is 5. The number of rotatable bonds is 3. The SMILES string of the molecule is CC[C@]1(c2cccc(-c3ccnn3C)c2)C2=CN=NC2NC2=C1C(=O)NC(C)(C)C2. The van der Waals surface area contributed by atoms with E-state index in [2.05, 4.69) is 71.0 Å². The van der Waals surface area contributed by atoms with Gasteiger partial charge in [-0.1, -0.05) is 25.1 Å². The van der Waals surface area contributed by atoms with Gasteiger partial charge < -0.3 is 10.6 Å². The molecule has 30 heavy (non-hydrogen) atoms. The van der Waals surface area contributed by atoms with E-state index >= 15 is 0 Å². The van der Waals surface area contributed by atoms with Crippen molar-refractivity contribution in [2.45, 2.75) is 50.7 Å². The number of carbonyl (C=O) groups is 1. The van der Waals surface area contributed by atoms with Crippen LogP contribution in [0, 0.1) is 0 Å². The minimum atomic E-state index is -0.579. The minimum absolute atomic E-state index is 0.0206. The van der Waals surface area contributed by atoms with Gasteiger partial charge in [-0.05, 0) is 38.0 Å². The lowest BCUT2D eigenvalue weighted by molar-refractivity contribution is -0.120. The summed E-state index contributed by atoms with van der Waals surface area (Å²) in [5.41, 5.74) is 5.09. The third kappa shape index (κ3) is 2.57. The number of fused-ring (bicyclic) bond motifs is 1. The van der Waals surface area contributed by atoms with Crippen LogP contribution in [-0.2, 0) is 17.3 Å². The van der Waals surface area contributed by atoms with E-state index in [1.807, 2.05) is 24.0 Å². The number of hydrogen-bond donors (Lipinski definition) is 2. The number of aryl methyl sites for hydroxylation is 1. The topological polar surface area (TPSA) is 83.7 Å². The van der Waals surface area contributed by atoms with Gasteiger partial charge in [0.05, 0.1) is 22.9 Å². The first-order valence-electron chi connectivity index (χ1n) is 10.4. The summed E-state index contributed by atoms with van der Waals surface area (Å²) in [6, 6.07) is 10.4. The van der Waals surface area contributed by atoms with Gasteiger partial charge in [0.15, 0.2) is 6.17 Å². The molecule has 0 bridgehead atoms. The number of amides is 1. The lowest BCUT2D eigenvalue weighted by atomic mass is 9.62. The molecule has 7 heteroatoms. The molecule has 7 nitrogen and oxygen atoms in total. The van der Waals surface area contributed by atoms with Crippen molar-refractivity contribution in [1.82, 2.24) is 20.4 Å². The summed E-state index contributed by atoms with van der Waals surface area (Å²) < 4.78 is 1.86. The normalized spacial score (nSPS) is 26.6. The molecule has 1 aromatic carbocycles. The molecule has 2 N–H and O–H groups in total. The molecule has 0 spiro atoms. The lowest BCUT2D eigenvalue weighted by Crippen LogP contribution is -2.58. The molecule has 5 rings (SSSR count). The maximum absolute atomic E-state index is 13.4. The third-order valence-corrected chi connectivity index (χ3v) is 6.51. The van der Waals surface area contributed by atoms with Crippen molar-refractivity contribution in [2.75, 3.05) is 0 Å². The van der Waals surface area contributed by atoms with Gasteiger partial charge in [0.2, 0.25) is 0 Å². The van der Waals surface area contributed by atoms with E-state index in [1.165, 1.54) is 0 Å². The number of aromatic nitrogens is 2. The number of benzene rings is 1. The van der Waals surface area contributed by atoms with Crippen molar-refractivity contribution in [3.05, 3.63) is 65.1 Å². The van der Waals surface area contributed by atoms with Gasteiger partial charge in [0.1, 0.15) is 0 Å². The van der Waals surface area contributed by atoms with Gasteiger partial charge in [-0.3, -0.25) is 9.48 Å². The van der Waals surface area contributed by atoms with Crippen molar-refractivity contribution >= 4 is 5.91 Å². The summed E-state index contributed by atoms with van der Waals surface area (Å²) in [7, 11) is 1.94. The molecule has 0 saturated carbocycles. The molecule has 0 saturated heterocycles. The van der Waals surface area contributed by atoms with Crippen LogP contribution in [0.15, 0.2) is 69.8 Å². The molecule has 0 fully saturated rings. The fourth-order valence-electron chi connectivity index (χ4n) is 5.21. The van der Waals surface area contributed by atoms with Crippen molar-refractivity contribution in [1.29, 1.82) is 0 Å². The Bertz CT molecular complexity index is 1140. The lowest BCUT2D eigenvalue weighted by Gasteiger charge is -2.48. The smallest absolute Gasteiger partial charge is 0.250 e. The van der Waals surface area contributed by atoms with Crippen LogP contribution in [0.3, 0.4) is 0 Å². The van der Waals surface area contributed by atoms with Gasteiger partial charge in [-0.15, -0.1) is 0 Å². The van der Waals surface area contributed by atoms with Gasteiger partial charge in [-0.2, -0.15) is 15.3 Å². The molecule has 2 atom stereocenters. The number of nitrogens with one attached hydrogen (secondary N) is 2. The molecule has 1 aromatic heterocycles. The summed E-state index contributed by atoms with van der Waals surface area (Å²) in [6.07, 6.45) is 4.87. The molecular weight excluding hydrogens is 376 g/mol. The Kier molecular flexibility index (Phi) is 4.00. The first kappa shape index (κ1) is 18.8. The zero-order chi connectivity index (χ0) is 21.1. The fraction of sp³-hybridized carbons (Fsp3) is 0.391. The standard InChI is InChI=1S/C23H26N6O/c1-5-23(15-8-6-7-14(11-15)18-9-10-25-29(18)4)16-13-24-28-20(16)26-17-12-22(2,3)27-21(30)19(17)23/h6-11,13,20,26H,5,12H2,1-4H3,(H,27,30)/t20?,23-/m0/s1. The highest BCUT2D eigenvalue weighted by atomic mass is 16.2. The predicted octanol–water partition coefficient (Wildman–Crippen LogP) is 3.57. The molecule has 3 aliphatic rings. The largest absolute Gasteiger partial charge is 0.362 e. The van der Waals surface area contributed by atoms with E-state index in [-0.39, 0.29) is 17.6 Å². The third-order valence-electron chi connectivity index (χ3n) is 6.51. The summed E-state index contributed by atoms with van der Waals surface area (Å²) in [5, 5.41) is 19.7. The maximum atomic E-state index is 13.4. The van der Waals surface area contributed by atoms with E-state index in [4.69, 9.17) is 0 Å². The molecular formula is C23H26N6O. The average molecular weight is 403 g/mol. The van der Waals surface area contributed by atoms with Crippen LogP contribution in [0.5, 0.6) is 0 Å². The maximum Gasteiger partial charge on any atom is 0.250 e. The molecule has 1 unspecified atom stereocenters. The van der Waals surface area contributed by atoms with E-state index in [1.54, 1.807) is 6.20 Å². The summed E-state index contributed by atoms with van der Waals surface area (Å²) in [6.45, 7) is 6.24. The van der Waals surface area contributed by atoms with Crippen molar-refractivity contribution in [3.63, 3.8) is 0 Å². The summed E-state index contributed by atoms with van der Waals surface area (Å²) in [5.74, 6) is -0.0206. The number of carbonyl (C=O) groups excluding carboxylic acids is 1. The molecule has 4 heterocycles. The minimum Gasteiger partial charge on any atom is -0.362 e. The number of azo groups is 1. The van der Waals surface area contributed by atoms with E-state index in [0.29, 0.717) is 0 Å². The highest BCUT2D eigenvalue weighted by molar-refractivity contribution is 6.00. The Morgan fingerprint density at radius 2 is 2.10 bits per heavy atom. The van der Waals surface area contributed by atoms with Crippen LogP contribution in [0.1, 0.15) is 39.2 Å². The van der Waals surface area contributed by atoms with Gasteiger partial charge in [-0.25, -0.2) is 0 Å². The van der Waals surface area contributed by atoms with E-state index in [0.717, 1.165) is 46.5 Å². The zero-order valence-electron chi connectivity index (χ0n) is 17.7. The summed E-state index contributed by atoms with van der Waals surface area (Å²) >= 11 is 0. The Morgan fingerprint density at radius 1 is 1.27 bits per heavy atom. The molecule has 0 radical (unpaired) electrons. The molecule has 0 aliphatic carbocycles. The Labute approximate surface area is 176 Å². The van der Waals surface area contributed by atoms with Crippen molar-refractivity contribution in [2.24, 2.45) is 17.3 Å². The van der Waals surface area contributed by atoms with Crippen molar-refractivity contribution in [3.8, 4) is 11.3 Å². The second-order valence-electron chi connectivity index (χ2n) is 8.91. The van der Waals surface area contributed by atoms with Gasteiger partial charge in [0.25, 0.3) is 5.91 Å². The van der Waals surface area contributed by atoms with Crippen LogP contribution >= 0.6 is 0 Å². The Morgan fingerprint density at radius 3 is 2.83 bits per heavy atom. The second kappa shape index (κ2) is 6.39. The van der Waals surface area contributed by atoms with Gasteiger partial charge >= 0.3 is 0 Å². The van der Waals surface area contributed by atoms with Crippen LogP contribution in [-0.4, -0.2) is 27.4 Å². The van der Waals surface area contributed by atoms with Crippen LogP contribution in [0.4, 0.5) is 0 Å². The molecule has 3 aliphatic heterocycles. The molecule has 154 valence electrons. The average Bonchev–Trinajstić information content (AvgIpc) is 3.34. The zero-order valence-corrected chi connectivity index (χ0v) is 17.7. The van der Waals surface area contributed by atoms with E-state index < -0.39 is 5.41 Å². The van der Waals surface area contributed by atoms with Crippen LogP contribution in [0.25, 0.3) is 11.3 Å². The highest BCUT2D eigenvalue weighted by Crippen LogP contribution is 2.51. The quantitative estimate of drug-likeness (QED) is 0.823. The van der Waals surface area contributed by atoms with Crippen LogP contribution < -0.4 is 10.6 Å². The Hall–Kier alpha value is -3.22. The first-order valence-corrected chi connectivity index (χ1v) is 10.4. The van der Waals surface area contributed by atoms with E-state index in [9.17, 15) is 4.79 Å². The van der Waals surface area contributed by atoms with Gasteiger partial charge in [0, 0.05) is 42.0 Å². The highest BCUT2D eigenvalue weighted by Gasteiger charge is 2.53. The Balaban J connectivity index is 1.75. The molecule has 2 aromatic rings. The monoisotopic (exact) mass is 402 g/mol. The fourth-order valence-corrected chi connectivity index (χ4v) is 5.21. The van der Waals surface area contributed by atoms with Crippen LogP contribution in [0.2, 0.25) is 0 Å². The number of nitrogens with zero attached hydrogens (tertiary/aromatic N) is 4. The first-order chi connectivity index (χ1) is 14.4. The predicted molar refractivity (Wildman–Crippen MR) is 114 cm³/mol. The summed E-state index contributed by atoms with van der Waals surface area (Å²) in [4.78, 5) is 13.4.